The zero-order valence-corrected chi connectivity index (χ0v) is 13.8. The lowest BCUT2D eigenvalue weighted by Gasteiger charge is -2.07. The van der Waals surface area contributed by atoms with E-state index in [1.54, 1.807) is 23.9 Å². The second-order valence-corrected chi connectivity index (χ2v) is 5.75. The van der Waals surface area contributed by atoms with E-state index >= 15 is 0 Å². The Morgan fingerprint density at radius 3 is 2.33 bits per heavy atom. The lowest BCUT2D eigenvalue weighted by Crippen LogP contribution is -2.14. The minimum absolute atomic E-state index is 0.227. The second-order valence-electron chi connectivity index (χ2n) is 5.75. The first kappa shape index (κ1) is 15.6. The van der Waals surface area contributed by atoms with Gasteiger partial charge in [-0.25, -0.2) is 0 Å². The van der Waals surface area contributed by atoms with Crippen molar-refractivity contribution in [2.75, 3.05) is 5.32 Å². The number of hydrogen-bond acceptors (Lipinski definition) is 3. The molecule has 1 N–H and O–H groups in total. The first-order valence-electron chi connectivity index (χ1n) is 7.56. The molecule has 2 aromatic heterocycles. The zero-order valence-electron chi connectivity index (χ0n) is 13.8. The van der Waals surface area contributed by atoms with Gasteiger partial charge in [0.1, 0.15) is 23.0 Å². The van der Waals surface area contributed by atoms with Crippen LogP contribution in [0.2, 0.25) is 0 Å². The smallest absolute Gasteiger partial charge is 0.260 e. The number of aryl methyl sites for hydroxylation is 3. The van der Waals surface area contributed by atoms with Gasteiger partial charge >= 0.3 is 0 Å². The highest BCUT2D eigenvalue weighted by Gasteiger charge is 2.24. The van der Waals surface area contributed by atoms with Crippen LogP contribution in [0, 0.1) is 32.1 Å². The number of rotatable bonds is 3. The molecule has 0 saturated heterocycles. The third-order valence-corrected chi connectivity index (χ3v) is 3.72. The van der Waals surface area contributed by atoms with Crippen molar-refractivity contribution in [3.05, 3.63) is 70.7 Å². The Balaban J connectivity index is 2.00. The quantitative estimate of drug-likeness (QED) is 0.789. The molecule has 0 aliphatic rings. The van der Waals surface area contributed by atoms with Crippen molar-refractivity contribution in [3.8, 4) is 12.0 Å². The number of amides is 1. The molecular weight excluding hydrogens is 302 g/mol. The van der Waals surface area contributed by atoms with Crippen LogP contribution >= 0.6 is 0 Å². The van der Waals surface area contributed by atoms with Crippen LogP contribution in [0.1, 0.15) is 32.8 Å². The summed E-state index contributed by atoms with van der Waals surface area (Å²) >= 11 is 0. The Morgan fingerprint density at radius 1 is 1.12 bits per heavy atom. The molecule has 0 spiro atoms. The minimum atomic E-state index is -0.351. The molecule has 0 unspecified atom stereocenters. The highest BCUT2D eigenvalue weighted by molar-refractivity contribution is 6.07. The number of furan rings is 1. The largest absolute Gasteiger partial charge is 0.443 e. The SMILES string of the molecule is Cc1cc(C)cc(NC(=O)c2c(C)oc(-n3cccc3)c2C#N)c1. The summed E-state index contributed by atoms with van der Waals surface area (Å²) in [6, 6.07) is 11.6. The van der Waals surface area contributed by atoms with E-state index in [9.17, 15) is 10.1 Å². The number of hydrogen-bond donors (Lipinski definition) is 1. The van der Waals surface area contributed by atoms with Gasteiger partial charge in [-0.15, -0.1) is 0 Å². The first-order valence-corrected chi connectivity index (χ1v) is 7.56. The topological polar surface area (TPSA) is 71.0 Å². The third-order valence-electron chi connectivity index (χ3n) is 3.72. The number of nitrogens with one attached hydrogen (secondary N) is 1. The zero-order chi connectivity index (χ0) is 17.3. The van der Waals surface area contributed by atoms with Crippen LogP contribution in [0.4, 0.5) is 5.69 Å². The maximum absolute atomic E-state index is 12.7. The van der Waals surface area contributed by atoms with Gasteiger partial charge in [0.05, 0.1) is 0 Å². The Kier molecular flexibility index (Phi) is 3.97. The summed E-state index contributed by atoms with van der Waals surface area (Å²) in [6.45, 7) is 5.62. The number of benzene rings is 1. The molecule has 3 rings (SSSR count). The molecule has 120 valence electrons. The van der Waals surface area contributed by atoms with Crippen LogP contribution in [0.5, 0.6) is 0 Å². The molecule has 0 atom stereocenters. The fourth-order valence-corrected chi connectivity index (χ4v) is 2.80. The van der Waals surface area contributed by atoms with Gasteiger partial charge in [-0.1, -0.05) is 6.07 Å². The summed E-state index contributed by atoms with van der Waals surface area (Å²) in [5.41, 5.74) is 3.31. The van der Waals surface area contributed by atoms with E-state index in [1.807, 2.05) is 44.2 Å². The summed E-state index contributed by atoms with van der Waals surface area (Å²) in [5, 5.41) is 12.4. The van der Waals surface area contributed by atoms with E-state index in [-0.39, 0.29) is 17.0 Å². The van der Waals surface area contributed by atoms with Gasteiger partial charge in [-0.2, -0.15) is 5.26 Å². The van der Waals surface area contributed by atoms with Crippen LogP contribution in [0.15, 0.2) is 47.1 Å². The molecular formula is C19H17N3O2. The summed E-state index contributed by atoms with van der Waals surface area (Å²) in [4.78, 5) is 12.7. The predicted molar refractivity (Wildman–Crippen MR) is 91.4 cm³/mol. The van der Waals surface area contributed by atoms with Crippen LogP contribution in [-0.4, -0.2) is 10.5 Å². The molecule has 1 aromatic carbocycles. The molecule has 24 heavy (non-hydrogen) atoms. The molecule has 5 heteroatoms. The number of nitriles is 1. The third kappa shape index (κ3) is 2.82. The minimum Gasteiger partial charge on any atom is -0.443 e. The Bertz CT molecular complexity index is 924. The monoisotopic (exact) mass is 319 g/mol. The summed E-state index contributed by atoms with van der Waals surface area (Å²) in [5.74, 6) is 0.416. The molecule has 5 nitrogen and oxygen atoms in total. The molecule has 0 fully saturated rings. The van der Waals surface area contributed by atoms with Crippen molar-refractivity contribution in [1.29, 1.82) is 5.26 Å². The number of nitrogens with zero attached hydrogens (tertiary/aromatic N) is 2. The second kappa shape index (κ2) is 6.09. The van der Waals surface area contributed by atoms with Crippen molar-refractivity contribution in [2.24, 2.45) is 0 Å². The normalized spacial score (nSPS) is 10.4. The van der Waals surface area contributed by atoms with Gasteiger partial charge in [-0.3, -0.25) is 9.36 Å². The molecule has 2 heterocycles. The lowest BCUT2D eigenvalue weighted by molar-refractivity contribution is 0.102. The number of aromatic nitrogens is 1. The van der Waals surface area contributed by atoms with E-state index in [1.165, 1.54) is 0 Å². The average Bonchev–Trinajstić information content (AvgIpc) is 3.12. The standard InChI is InChI=1S/C19H17N3O2/c1-12-8-13(2)10-15(9-12)21-18(23)17-14(3)24-19(16(17)11-20)22-6-4-5-7-22/h4-10H,1-3H3,(H,21,23). The van der Waals surface area contributed by atoms with E-state index in [4.69, 9.17) is 4.42 Å². The van der Waals surface area contributed by atoms with Gasteiger partial charge in [0.15, 0.2) is 0 Å². The Morgan fingerprint density at radius 2 is 1.75 bits per heavy atom. The fraction of sp³-hybridized carbons (Fsp3) is 0.158. The van der Waals surface area contributed by atoms with Crippen molar-refractivity contribution in [1.82, 2.24) is 4.57 Å². The van der Waals surface area contributed by atoms with Crippen molar-refractivity contribution in [2.45, 2.75) is 20.8 Å². The summed E-state index contributed by atoms with van der Waals surface area (Å²) < 4.78 is 7.35. The Labute approximate surface area is 140 Å². The maximum atomic E-state index is 12.7. The van der Waals surface area contributed by atoms with Gasteiger partial charge in [-0.05, 0) is 56.2 Å². The van der Waals surface area contributed by atoms with Gasteiger partial charge < -0.3 is 9.73 Å². The van der Waals surface area contributed by atoms with Crippen LogP contribution in [0.25, 0.3) is 5.88 Å². The van der Waals surface area contributed by atoms with E-state index in [0.717, 1.165) is 11.1 Å². The van der Waals surface area contributed by atoms with Crippen molar-refractivity contribution in [3.63, 3.8) is 0 Å². The maximum Gasteiger partial charge on any atom is 0.260 e. The molecule has 3 aromatic rings. The summed E-state index contributed by atoms with van der Waals surface area (Å²) in [7, 11) is 0. The first-order chi connectivity index (χ1) is 11.5. The van der Waals surface area contributed by atoms with Crippen molar-refractivity contribution >= 4 is 11.6 Å². The predicted octanol–water partition coefficient (Wildman–Crippen LogP) is 4.12. The Hall–Kier alpha value is -3.26. The van der Waals surface area contributed by atoms with Crippen LogP contribution < -0.4 is 5.32 Å². The highest BCUT2D eigenvalue weighted by Crippen LogP contribution is 2.26. The number of carbonyl (C=O) groups excluding carboxylic acids is 1. The molecule has 0 radical (unpaired) electrons. The highest BCUT2D eigenvalue weighted by atomic mass is 16.4. The lowest BCUT2D eigenvalue weighted by atomic mass is 10.1. The van der Waals surface area contributed by atoms with Crippen LogP contribution in [0.3, 0.4) is 0 Å². The molecule has 0 bridgehead atoms. The fourth-order valence-electron chi connectivity index (χ4n) is 2.80. The van der Waals surface area contributed by atoms with Gasteiger partial charge in [0.25, 0.3) is 5.91 Å². The number of carbonyl (C=O) groups is 1. The van der Waals surface area contributed by atoms with Crippen molar-refractivity contribution < 1.29 is 9.21 Å². The van der Waals surface area contributed by atoms with Gasteiger partial charge in [0.2, 0.25) is 5.88 Å². The average molecular weight is 319 g/mol. The molecule has 0 aliphatic heterocycles. The number of anilines is 1. The van der Waals surface area contributed by atoms with E-state index in [2.05, 4.69) is 11.4 Å². The molecule has 1 amide bonds. The van der Waals surface area contributed by atoms with Crippen LogP contribution in [-0.2, 0) is 0 Å². The molecule has 0 aliphatic carbocycles. The van der Waals surface area contributed by atoms with Gasteiger partial charge in [0, 0.05) is 18.1 Å². The van der Waals surface area contributed by atoms with E-state index < -0.39 is 0 Å². The summed E-state index contributed by atoms with van der Waals surface area (Å²) in [6.07, 6.45) is 3.54. The molecule has 0 saturated carbocycles. The van der Waals surface area contributed by atoms with E-state index in [0.29, 0.717) is 17.3 Å².